The summed E-state index contributed by atoms with van der Waals surface area (Å²) in [4.78, 5) is 27.2. The number of fused-ring (bicyclic) bond motifs is 10. The Morgan fingerprint density at radius 2 is 1.18 bits per heavy atom. The highest BCUT2D eigenvalue weighted by Gasteiger charge is 2.69. The highest BCUT2D eigenvalue weighted by atomic mass is 16.6. The topological polar surface area (TPSA) is 144 Å². The Labute approximate surface area is 262 Å². The second-order valence-corrected chi connectivity index (χ2v) is 13.5. The van der Waals surface area contributed by atoms with Crippen LogP contribution in [0.3, 0.4) is 0 Å². The third-order valence-electron chi connectivity index (χ3n) is 10.9. The predicted molar refractivity (Wildman–Crippen MR) is 161 cm³/mol. The lowest BCUT2D eigenvalue weighted by atomic mass is 9.97. The van der Waals surface area contributed by atoms with E-state index in [0.717, 1.165) is 24.0 Å². The van der Waals surface area contributed by atoms with Gasteiger partial charge in [-0.1, -0.05) is 60.7 Å². The number of aliphatic hydroxyl groups excluding tert-OH is 2. The maximum atomic E-state index is 12.6. The Morgan fingerprint density at radius 1 is 0.778 bits per heavy atom. The van der Waals surface area contributed by atoms with Gasteiger partial charge >= 0.3 is 11.9 Å². The molecule has 4 bridgehead atoms. The summed E-state index contributed by atoms with van der Waals surface area (Å²) in [6.45, 7) is -0.511. The summed E-state index contributed by atoms with van der Waals surface area (Å²) in [6.07, 6.45) is 3.15. The molecule has 0 spiro atoms. The number of hydrogen-bond donors (Lipinski definition) is 2. The number of aliphatic hydroxyl groups is 2. The van der Waals surface area contributed by atoms with Crippen LogP contribution >= 0.6 is 0 Å². The number of nitrogens with zero attached hydrogens (tertiary/aromatic N) is 2. The lowest BCUT2D eigenvalue weighted by Gasteiger charge is -2.51. The Balaban J connectivity index is 0.000000145. The number of rotatable bonds is 8. The van der Waals surface area contributed by atoms with Crippen LogP contribution in [0.2, 0.25) is 0 Å². The standard InChI is InChI=1S/C17H21NO5.C17H21NO4/c1-18(21)13-7-11(8-14(18)16-15(13)23-16)22-17(20)12(9-19)10-5-3-2-4-6-10;1-18-13-7-11(8-14(18)16-15(13)22-16)21-17(20)12(9-19)10-5-3-2-4-6-10/h2-6,11-16,19H,7-9H2,1H3;2-6,11-16,19H,7-9H2,1H3/t11?,12-,13?,14?,15?,16?,18?;11-,12-,13-,14+,15-,16+/m11/s1. The van der Waals surface area contributed by atoms with Gasteiger partial charge in [-0.2, -0.15) is 0 Å². The molecule has 6 saturated heterocycles. The van der Waals surface area contributed by atoms with E-state index in [0.29, 0.717) is 37.1 Å². The maximum absolute atomic E-state index is 12.6. The van der Waals surface area contributed by atoms with Crippen molar-refractivity contribution in [2.24, 2.45) is 0 Å². The molecule has 242 valence electrons. The summed E-state index contributed by atoms with van der Waals surface area (Å²) in [7, 11) is 3.83. The summed E-state index contributed by atoms with van der Waals surface area (Å²) in [5, 5.41) is 31.7. The van der Waals surface area contributed by atoms with Gasteiger partial charge in [0.25, 0.3) is 0 Å². The van der Waals surface area contributed by atoms with Crippen molar-refractivity contribution in [3.63, 3.8) is 0 Å². The molecule has 0 amide bonds. The molecule has 0 aromatic heterocycles. The van der Waals surface area contributed by atoms with Gasteiger partial charge in [-0.05, 0) is 18.2 Å². The van der Waals surface area contributed by atoms with E-state index in [1.54, 1.807) is 19.2 Å². The summed E-state index contributed by atoms with van der Waals surface area (Å²) < 4.78 is 22.3. The minimum Gasteiger partial charge on any atom is -0.632 e. The fourth-order valence-corrected chi connectivity index (χ4v) is 8.30. The smallest absolute Gasteiger partial charge is 0.316 e. The second kappa shape index (κ2) is 12.0. The zero-order chi connectivity index (χ0) is 31.5. The molecule has 2 N–H and O–H groups in total. The van der Waals surface area contributed by atoms with E-state index >= 15 is 0 Å². The molecule has 0 radical (unpaired) electrons. The Bertz CT molecular complexity index is 1340. The van der Waals surface area contributed by atoms with Gasteiger partial charge in [0.2, 0.25) is 0 Å². The van der Waals surface area contributed by atoms with Gasteiger partial charge < -0.3 is 39.0 Å². The highest BCUT2D eigenvalue weighted by molar-refractivity contribution is 5.79. The first kappa shape index (κ1) is 30.7. The number of epoxide rings is 2. The Kier molecular flexibility index (Phi) is 8.22. The number of benzene rings is 2. The number of hydroxylamine groups is 3. The normalized spacial score (nSPS) is 39.8. The molecule has 6 fully saturated rings. The molecule has 8 rings (SSSR count). The van der Waals surface area contributed by atoms with Crippen molar-refractivity contribution in [2.45, 2.75) is 98.3 Å². The van der Waals surface area contributed by atoms with Crippen molar-refractivity contribution in [2.75, 3.05) is 27.3 Å². The molecule has 6 aliphatic rings. The van der Waals surface area contributed by atoms with E-state index in [1.165, 1.54) is 0 Å². The van der Waals surface area contributed by atoms with Gasteiger partial charge in [-0.25, -0.2) is 0 Å². The van der Waals surface area contributed by atoms with E-state index in [2.05, 4.69) is 11.9 Å². The zero-order valence-electron chi connectivity index (χ0n) is 25.6. The van der Waals surface area contributed by atoms with Gasteiger partial charge in [0, 0.05) is 37.8 Å². The molecule has 6 aliphatic heterocycles. The highest BCUT2D eigenvalue weighted by Crippen LogP contribution is 2.52. The van der Waals surface area contributed by atoms with Gasteiger partial charge in [-0.3, -0.25) is 14.5 Å². The van der Waals surface area contributed by atoms with Crippen LogP contribution in [0.5, 0.6) is 0 Å². The van der Waals surface area contributed by atoms with Crippen molar-refractivity contribution in [1.82, 2.24) is 4.90 Å². The third kappa shape index (κ3) is 5.69. The van der Waals surface area contributed by atoms with Crippen LogP contribution < -0.4 is 0 Å². The second-order valence-electron chi connectivity index (χ2n) is 13.5. The van der Waals surface area contributed by atoms with Gasteiger partial charge in [0.1, 0.15) is 60.5 Å². The molecule has 45 heavy (non-hydrogen) atoms. The number of likely N-dealkylation sites (N-methyl/N-ethyl adjacent to an activating group) is 2. The number of esters is 2. The minimum absolute atomic E-state index is 0.0361. The summed E-state index contributed by atoms with van der Waals surface area (Å²) in [6, 6.07) is 18.9. The van der Waals surface area contributed by atoms with Crippen LogP contribution in [-0.4, -0.2) is 120 Å². The van der Waals surface area contributed by atoms with Crippen molar-refractivity contribution >= 4 is 11.9 Å². The monoisotopic (exact) mass is 622 g/mol. The molecule has 11 heteroatoms. The lowest BCUT2D eigenvalue weighted by molar-refractivity contribution is -0.911. The van der Waals surface area contributed by atoms with Crippen LogP contribution in [-0.2, 0) is 28.5 Å². The molecule has 4 unspecified atom stereocenters. The summed E-state index contributed by atoms with van der Waals surface area (Å²) >= 11 is 0. The number of carbonyl (C=O) groups excluding carboxylic acids is 2. The van der Waals surface area contributed by atoms with Crippen molar-refractivity contribution in [3.05, 3.63) is 77.0 Å². The fraction of sp³-hybridized carbons (Fsp3) is 0.588. The largest absolute Gasteiger partial charge is 0.632 e. The van der Waals surface area contributed by atoms with Crippen molar-refractivity contribution < 1.29 is 43.4 Å². The minimum atomic E-state index is -0.672. The molecule has 11 nitrogen and oxygen atoms in total. The average molecular weight is 623 g/mol. The number of carbonyl (C=O) groups is 2. The molecule has 2 aromatic rings. The molecular formula is C34H42N2O9. The van der Waals surface area contributed by atoms with Crippen molar-refractivity contribution in [3.8, 4) is 0 Å². The van der Waals surface area contributed by atoms with Crippen LogP contribution in [0.1, 0.15) is 48.6 Å². The van der Waals surface area contributed by atoms with Crippen LogP contribution in [0, 0.1) is 5.21 Å². The van der Waals surface area contributed by atoms with E-state index in [-0.39, 0.29) is 60.3 Å². The molecule has 0 saturated carbocycles. The number of quaternary nitrogens is 1. The third-order valence-corrected chi connectivity index (χ3v) is 10.9. The molecule has 0 aliphatic carbocycles. The van der Waals surface area contributed by atoms with Crippen molar-refractivity contribution in [1.29, 1.82) is 0 Å². The Hall–Kier alpha value is -2.90. The van der Waals surface area contributed by atoms with Crippen LogP contribution in [0.15, 0.2) is 60.7 Å². The average Bonchev–Trinajstić information content (AvgIpc) is 3.93. The first-order valence-electron chi connectivity index (χ1n) is 16.0. The van der Waals surface area contributed by atoms with Crippen LogP contribution in [0.4, 0.5) is 0 Å². The van der Waals surface area contributed by atoms with Gasteiger partial charge in [0.15, 0.2) is 0 Å². The SMILES string of the molecule is CN1[C@@H]2C[C@@H](OC(=O)[C@H](CO)c3ccccc3)C[C@H]1[C@@H]1O[C@@H]12.C[N+]1([O-])C2CC(OC(=O)[C@H](CO)c3ccccc3)CC1C1OC12. The van der Waals surface area contributed by atoms with E-state index in [4.69, 9.17) is 18.9 Å². The first-order valence-corrected chi connectivity index (χ1v) is 16.0. The lowest BCUT2D eigenvalue weighted by Crippen LogP contribution is -2.58. The number of piperidine rings is 2. The van der Waals surface area contributed by atoms with Gasteiger partial charge in [-0.15, -0.1) is 0 Å². The zero-order valence-corrected chi connectivity index (χ0v) is 25.6. The fourth-order valence-electron chi connectivity index (χ4n) is 8.30. The number of hydrogen-bond acceptors (Lipinski definition) is 10. The molecule has 6 heterocycles. The molecular weight excluding hydrogens is 580 g/mol. The summed E-state index contributed by atoms with van der Waals surface area (Å²) in [5.41, 5.74) is 1.55. The quantitative estimate of drug-likeness (QED) is 0.194. The summed E-state index contributed by atoms with van der Waals surface area (Å²) in [5.74, 6) is -2.00. The van der Waals surface area contributed by atoms with Gasteiger partial charge in [0.05, 0.1) is 20.3 Å². The number of ether oxygens (including phenoxy) is 4. The number of morpholine rings is 2. The Morgan fingerprint density at radius 3 is 1.60 bits per heavy atom. The van der Waals surface area contributed by atoms with E-state index in [1.807, 2.05) is 48.5 Å². The van der Waals surface area contributed by atoms with Crippen LogP contribution in [0.25, 0.3) is 0 Å². The van der Waals surface area contributed by atoms with E-state index < -0.39 is 17.8 Å². The van der Waals surface area contributed by atoms with E-state index in [9.17, 15) is 25.0 Å². The predicted octanol–water partition coefficient (Wildman–Crippen LogP) is 1.85. The molecule has 11 atom stereocenters. The first-order chi connectivity index (χ1) is 21.7. The maximum Gasteiger partial charge on any atom is 0.316 e. The molecule has 2 aromatic carbocycles.